The Kier molecular flexibility index (Phi) is 6.12. The van der Waals surface area contributed by atoms with Crippen LogP contribution in [0.2, 0.25) is 0 Å². The first kappa shape index (κ1) is 15.9. The third-order valence-corrected chi connectivity index (χ3v) is 4.36. The minimum absolute atomic E-state index is 0.650. The molecule has 0 radical (unpaired) electrons. The van der Waals surface area contributed by atoms with Crippen LogP contribution in [0.15, 0.2) is 30.9 Å². The predicted octanol–water partition coefficient (Wildman–Crippen LogP) is 3.74. The Balaban J connectivity index is 2.09. The van der Waals surface area contributed by atoms with Crippen LogP contribution < -0.4 is 15.0 Å². The van der Waals surface area contributed by atoms with Crippen LogP contribution in [-0.4, -0.2) is 26.7 Å². The average molecular weight is 288 g/mol. The molecule has 1 fully saturated rings. The molecule has 0 unspecified atom stereocenters. The fourth-order valence-corrected chi connectivity index (χ4v) is 3.11. The summed E-state index contributed by atoms with van der Waals surface area (Å²) in [5.41, 5.74) is 2.45. The molecule has 0 heterocycles. The SMILES string of the molecule is C=CCNCc1ccc(N(C)C2CCCCC2)c(OC)c1. The molecule has 21 heavy (non-hydrogen) atoms. The van der Waals surface area contributed by atoms with Crippen molar-refractivity contribution >= 4 is 5.69 Å². The van der Waals surface area contributed by atoms with Crippen molar-refractivity contribution in [1.29, 1.82) is 0 Å². The third-order valence-electron chi connectivity index (χ3n) is 4.36. The molecule has 0 spiro atoms. The Morgan fingerprint density at radius 1 is 1.33 bits per heavy atom. The van der Waals surface area contributed by atoms with E-state index < -0.39 is 0 Å². The van der Waals surface area contributed by atoms with E-state index in [9.17, 15) is 0 Å². The molecule has 1 aliphatic carbocycles. The van der Waals surface area contributed by atoms with Crippen molar-refractivity contribution in [1.82, 2.24) is 5.32 Å². The van der Waals surface area contributed by atoms with Gasteiger partial charge in [-0.15, -0.1) is 6.58 Å². The maximum Gasteiger partial charge on any atom is 0.142 e. The Morgan fingerprint density at radius 2 is 2.10 bits per heavy atom. The van der Waals surface area contributed by atoms with E-state index in [0.29, 0.717) is 6.04 Å². The van der Waals surface area contributed by atoms with Crippen LogP contribution in [0.5, 0.6) is 5.75 Å². The van der Waals surface area contributed by atoms with E-state index in [0.717, 1.165) is 18.8 Å². The maximum atomic E-state index is 5.61. The van der Waals surface area contributed by atoms with Gasteiger partial charge >= 0.3 is 0 Å². The number of benzene rings is 1. The van der Waals surface area contributed by atoms with Crippen LogP contribution in [0.1, 0.15) is 37.7 Å². The number of methoxy groups -OCH3 is 1. The molecule has 1 aromatic rings. The topological polar surface area (TPSA) is 24.5 Å². The number of rotatable bonds is 7. The van der Waals surface area contributed by atoms with E-state index in [1.807, 2.05) is 6.08 Å². The molecular weight excluding hydrogens is 260 g/mol. The van der Waals surface area contributed by atoms with Crippen molar-refractivity contribution in [3.8, 4) is 5.75 Å². The van der Waals surface area contributed by atoms with Gasteiger partial charge in [0.2, 0.25) is 0 Å². The highest BCUT2D eigenvalue weighted by molar-refractivity contribution is 5.60. The van der Waals surface area contributed by atoms with Crippen LogP contribution in [0.3, 0.4) is 0 Å². The fourth-order valence-electron chi connectivity index (χ4n) is 3.11. The van der Waals surface area contributed by atoms with Crippen LogP contribution in [0, 0.1) is 0 Å². The second-order valence-electron chi connectivity index (χ2n) is 5.83. The fraction of sp³-hybridized carbons (Fsp3) is 0.556. The van der Waals surface area contributed by atoms with Gasteiger partial charge in [0.05, 0.1) is 12.8 Å². The van der Waals surface area contributed by atoms with E-state index in [1.54, 1.807) is 7.11 Å². The van der Waals surface area contributed by atoms with Gasteiger partial charge in [0.15, 0.2) is 0 Å². The van der Waals surface area contributed by atoms with Crippen molar-refractivity contribution in [2.75, 3.05) is 25.6 Å². The summed E-state index contributed by atoms with van der Waals surface area (Å²) in [5.74, 6) is 0.973. The van der Waals surface area contributed by atoms with Crippen molar-refractivity contribution in [3.05, 3.63) is 36.4 Å². The van der Waals surface area contributed by atoms with Crippen LogP contribution in [0.4, 0.5) is 5.69 Å². The highest BCUT2D eigenvalue weighted by Gasteiger charge is 2.20. The zero-order chi connectivity index (χ0) is 15.1. The lowest BCUT2D eigenvalue weighted by Crippen LogP contribution is -2.33. The predicted molar refractivity (Wildman–Crippen MR) is 90.2 cm³/mol. The first-order valence-electron chi connectivity index (χ1n) is 7.97. The summed E-state index contributed by atoms with van der Waals surface area (Å²) in [4.78, 5) is 2.40. The summed E-state index contributed by atoms with van der Waals surface area (Å²) < 4.78 is 5.61. The van der Waals surface area contributed by atoms with Crippen LogP contribution >= 0.6 is 0 Å². The maximum absolute atomic E-state index is 5.61. The molecule has 0 aromatic heterocycles. The number of hydrogen-bond donors (Lipinski definition) is 1. The summed E-state index contributed by atoms with van der Waals surface area (Å²) in [6.45, 7) is 5.39. The standard InChI is InChI=1S/C18H28N2O/c1-4-12-19-14-15-10-11-17(18(13-15)21-3)20(2)16-8-6-5-7-9-16/h4,10-11,13,16,19H,1,5-9,12,14H2,2-3H3. The summed E-state index contributed by atoms with van der Waals surface area (Å²) >= 11 is 0. The molecular formula is C18H28N2O. The first-order chi connectivity index (χ1) is 10.3. The van der Waals surface area contributed by atoms with Gasteiger partial charge in [-0.3, -0.25) is 0 Å². The molecule has 0 aliphatic heterocycles. The first-order valence-corrected chi connectivity index (χ1v) is 7.97. The van der Waals surface area contributed by atoms with Gasteiger partial charge in [-0.25, -0.2) is 0 Å². The minimum atomic E-state index is 0.650. The summed E-state index contributed by atoms with van der Waals surface area (Å²) in [6.07, 6.45) is 8.55. The monoisotopic (exact) mass is 288 g/mol. The van der Waals surface area contributed by atoms with Gasteiger partial charge in [-0.1, -0.05) is 31.4 Å². The Hall–Kier alpha value is -1.48. The number of ether oxygens (including phenoxy) is 1. The number of hydrogen-bond acceptors (Lipinski definition) is 3. The van der Waals surface area contributed by atoms with Gasteiger partial charge in [0.25, 0.3) is 0 Å². The van der Waals surface area contributed by atoms with Gasteiger partial charge in [-0.05, 0) is 30.5 Å². The normalized spacial score (nSPS) is 15.7. The largest absolute Gasteiger partial charge is 0.495 e. The molecule has 3 nitrogen and oxygen atoms in total. The second kappa shape index (κ2) is 8.08. The Morgan fingerprint density at radius 3 is 2.76 bits per heavy atom. The highest BCUT2D eigenvalue weighted by atomic mass is 16.5. The zero-order valence-electron chi connectivity index (χ0n) is 13.4. The summed E-state index contributed by atoms with van der Waals surface area (Å²) in [5, 5.41) is 3.33. The highest BCUT2D eigenvalue weighted by Crippen LogP contribution is 2.33. The zero-order valence-corrected chi connectivity index (χ0v) is 13.4. The number of nitrogens with one attached hydrogen (secondary N) is 1. The summed E-state index contributed by atoms with van der Waals surface area (Å²) in [6, 6.07) is 7.17. The van der Waals surface area contributed by atoms with E-state index in [1.165, 1.54) is 43.4 Å². The molecule has 116 valence electrons. The van der Waals surface area contributed by atoms with Gasteiger partial charge < -0.3 is 15.0 Å². The molecule has 0 saturated heterocycles. The van der Waals surface area contributed by atoms with E-state index in [4.69, 9.17) is 4.74 Å². The third kappa shape index (κ3) is 4.24. The molecule has 1 aliphatic rings. The lowest BCUT2D eigenvalue weighted by atomic mass is 9.94. The molecule has 0 atom stereocenters. The van der Waals surface area contributed by atoms with Gasteiger partial charge in [0, 0.05) is 26.2 Å². The van der Waals surface area contributed by atoms with Gasteiger partial charge in [0.1, 0.15) is 5.75 Å². The molecule has 1 aromatic carbocycles. The van der Waals surface area contributed by atoms with Crippen LogP contribution in [0.25, 0.3) is 0 Å². The summed E-state index contributed by atoms with van der Waals surface area (Å²) in [7, 11) is 3.96. The second-order valence-corrected chi connectivity index (χ2v) is 5.83. The Labute approximate surface area is 129 Å². The van der Waals surface area contributed by atoms with E-state index >= 15 is 0 Å². The van der Waals surface area contributed by atoms with Crippen molar-refractivity contribution in [2.45, 2.75) is 44.7 Å². The van der Waals surface area contributed by atoms with Crippen molar-refractivity contribution < 1.29 is 4.74 Å². The lowest BCUT2D eigenvalue weighted by molar-refractivity contribution is 0.401. The quantitative estimate of drug-likeness (QED) is 0.611. The molecule has 0 amide bonds. The molecule has 1 N–H and O–H groups in total. The van der Waals surface area contributed by atoms with E-state index in [2.05, 4.69) is 42.0 Å². The number of nitrogens with zero attached hydrogens (tertiary/aromatic N) is 1. The van der Waals surface area contributed by atoms with E-state index in [-0.39, 0.29) is 0 Å². The molecule has 3 heteroatoms. The van der Waals surface area contributed by atoms with Gasteiger partial charge in [-0.2, -0.15) is 0 Å². The average Bonchev–Trinajstić information content (AvgIpc) is 2.55. The molecule has 2 rings (SSSR count). The molecule has 1 saturated carbocycles. The van der Waals surface area contributed by atoms with Crippen LogP contribution in [-0.2, 0) is 6.54 Å². The smallest absolute Gasteiger partial charge is 0.142 e. The molecule has 0 bridgehead atoms. The lowest BCUT2D eigenvalue weighted by Gasteiger charge is -2.33. The minimum Gasteiger partial charge on any atom is -0.495 e. The van der Waals surface area contributed by atoms with Crippen molar-refractivity contribution in [2.24, 2.45) is 0 Å². The van der Waals surface area contributed by atoms with Crippen molar-refractivity contribution in [3.63, 3.8) is 0 Å². The Bertz CT molecular complexity index is 453. The number of anilines is 1.